The number of fused-ring (bicyclic) bond motifs is 1. The van der Waals surface area contributed by atoms with Crippen LogP contribution in [0.3, 0.4) is 0 Å². The van der Waals surface area contributed by atoms with Gasteiger partial charge < -0.3 is 14.5 Å². The van der Waals surface area contributed by atoms with Crippen LogP contribution in [-0.4, -0.2) is 26.3 Å². The van der Waals surface area contributed by atoms with E-state index >= 15 is 0 Å². The average Bonchev–Trinajstić information content (AvgIpc) is 2.98. The maximum Gasteiger partial charge on any atom is 0.393 e. The zero-order chi connectivity index (χ0) is 12.5. The maximum atomic E-state index is 10.6. The highest BCUT2D eigenvalue weighted by Gasteiger charge is 2.14. The predicted octanol–water partition coefficient (Wildman–Crippen LogP) is 1.84. The Labute approximate surface area is 101 Å². The number of carboxylic acid groups (broad SMARTS) is 1. The molecule has 90 valence electrons. The van der Waals surface area contributed by atoms with Crippen LogP contribution in [0.2, 0.25) is 0 Å². The van der Waals surface area contributed by atoms with Gasteiger partial charge in [0.05, 0.1) is 6.42 Å². The van der Waals surface area contributed by atoms with Gasteiger partial charge >= 0.3 is 11.9 Å². The predicted molar refractivity (Wildman–Crippen MR) is 62.4 cm³/mol. The molecule has 2 aromatic heterocycles. The van der Waals surface area contributed by atoms with Crippen molar-refractivity contribution in [1.82, 2.24) is 15.2 Å². The van der Waals surface area contributed by atoms with E-state index in [9.17, 15) is 4.79 Å². The Hall–Kier alpha value is -2.63. The van der Waals surface area contributed by atoms with E-state index in [-0.39, 0.29) is 11.8 Å². The molecule has 0 amide bonds. The molecular formula is C12H9N3O3. The molecule has 0 unspecified atom stereocenters. The number of benzene rings is 1. The minimum atomic E-state index is -1.22. The summed E-state index contributed by atoms with van der Waals surface area (Å²) in [5.41, 5.74) is 2.01. The van der Waals surface area contributed by atoms with Gasteiger partial charge in [-0.25, -0.2) is 4.79 Å². The fourth-order valence-electron chi connectivity index (χ4n) is 1.85. The van der Waals surface area contributed by atoms with Crippen LogP contribution in [-0.2, 0) is 6.42 Å². The first-order valence-corrected chi connectivity index (χ1v) is 5.35. The molecule has 0 fully saturated rings. The second-order valence-electron chi connectivity index (χ2n) is 3.84. The fraction of sp³-hybridized carbons (Fsp3) is 0.0833. The van der Waals surface area contributed by atoms with Gasteiger partial charge in [0.1, 0.15) is 0 Å². The van der Waals surface area contributed by atoms with Crippen molar-refractivity contribution in [3.63, 3.8) is 0 Å². The number of hydrogen-bond donors (Lipinski definition) is 2. The molecule has 0 spiro atoms. The summed E-state index contributed by atoms with van der Waals surface area (Å²) in [6.07, 6.45) is 2.26. The number of para-hydroxylation sites is 1. The SMILES string of the molecule is O=C(O)c1nnc(Cc2c[nH]c3ccccc23)o1. The number of aromatic carboxylic acids is 1. The second kappa shape index (κ2) is 3.99. The summed E-state index contributed by atoms with van der Waals surface area (Å²) in [4.78, 5) is 13.8. The van der Waals surface area contributed by atoms with Gasteiger partial charge in [-0.1, -0.05) is 18.2 Å². The molecule has 0 atom stereocenters. The summed E-state index contributed by atoms with van der Waals surface area (Å²) in [6.45, 7) is 0. The normalized spacial score (nSPS) is 10.9. The molecule has 0 bridgehead atoms. The average molecular weight is 243 g/mol. The largest absolute Gasteiger partial charge is 0.474 e. The van der Waals surface area contributed by atoms with Crippen molar-refractivity contribution in [2.75, 3.05) is 0 Å². The van der Waals surface area contributed by atoms with Gasteiger partial charge in [-0.05, 0) is 11.6 Å². The zero-order valence-electron chi connectivity index (χ0n) is 9.25. The van der Waals surface area contributed by atoms with Crippen molar-refractivity contribution in [3.8, 4) is 0 Å². The third-order valence-electron chi connectivity index (χ3n) is 2.67. The summed E-state index contributed by atoms with van der Waals surface area (Å²) in [5, 5.41) is 16.9. The number of carboxylic acids is 1. The second-order valence-corrected chi connectivity index (χ2v) is 3.84. The fourth-order valence-corrected chi connectivity index (χ4v) is 1.85. The van der Waals surface area contributed by atoms with Crippen molar-refractivity contribution in [2.45, 2.75) is 6.42 Å². The van der Waals surface area contributed by atoms with Crippen LogP contribution in [0.5, 0.6) is 0 Å². The van der Waals surface area contributed by atoms with Gasteiger partial charge in [0.15, 0.2) is 0 Å². The minimum absolute atomic E-state index is 0.289. The van der Waals surface area contributed by atoms with Crippen molar-refractivity contribution >= 4 is 16.9 Å². The van der Waals surface area contributed by atoms with Gasteiger partial charge in [0, 0.05) is 17.1 Å². The zero-order valence-corrected chi connectivity index (χ0v) is 9.25. The molecule has 0 aliphatic heterocycles. The number of aromatic amines is 1. The van der Waals surface area contributed by atoms with Crippen LogP contribution in [0.15, 0.2) is 34.9 Å². The maximum absolute atomic E-state index is 10.6. The monoisotopic (exact) mass is 243 g/mol. The van der Waals surface area contributed by atoms with E-state index in [1.54, 1.807) is 0 Å². The minimum Gasteiger partial charge on any atom is -0.474 e. The lowest BCUT2D eigenvalue weighted by Crippen LogP contribution is -1.95. The molecule has 2 heterocycles. The number of nitrogens with zero attached hydrogens (tertiary/aromatic N) is 2. The summed E-state index contributed by atoms with van der Waals surface area (Å²) in [5.74, 6) is -1.31. The third kappa shape index (κ3) is 1.73. The standard InChI is InChI=1S/C12H9N3O3/c16-12(17)11-15-14-10(18-11)5-7-6-13-9-4-2-1-3-8(7)9/h1-4,6,13H,5H2,(H,16,17). The Morgan fingerprint density at radius 2 is 2.17 bits per heavy atom. The molecule has 2 N–H and O–H groups in total. The number of hydrogen-bond acceptors (Lipinski definition) is 4. The summed E-state index contributed by atoms with van der Waals surface area (Å²) in [7, 11) is 0. The van der Waals surface area contributed by atoms with E-state index in [2.05, 4.69) is 15.2 Å². The van der Waals surface area contributed by atoms with Gasteiger partial charge in [-0.3, -0.25) is 0 Å². The van der Waals surface area contributed by atoms with Crippen molar-refractivity contribution in [2.24, 2.45) is 0 Å². The molecule has 0 radical (unpaired) electrons. The van der Waals surface area contributed by atoms with E-state index in [1.807, 2.05) is 30.5 Å². The van der Waals surface area contributed by atoms with Crippen LogP contribution in [0.4, 0.5) is 0 Å². The van der Waals surface area contributed by atoms with Crippen molar-refractivity contribution in [1.29, 1.82) is 0 Å². The third-order valence-corrected chi connectivity index (χ3v) is 2.67. The molecule has 3 rings (SSSR count). The Balaban J connectivity index is 1.93. The molecule has 1 aromatic carbocycles. The first-order chi connectivity index (χ1) is 8.74. The first kappa shape index (κ1) is 10.5. The highest BCUT2D eigenvalue weighted by molar-refractivity contribution is 5.83. The number of rotatable bonds is 3. The summed E-state index contributed by atoms with van der Waals surface area (Å²) in [6, 6.07) is 7.83. The quantitative estimate of drug-likeness (QED) is 0.732. The molecule has 0 saturated carbocycles. The number of H-pyrrole nitrogens is 1. The highest BCUT2D eigenvalue weighted by Crippen LogP contribution is 2.20. The van der Waals surface area contributed by atoms with Crippen LogP contribution in [0.25, 0.3) is 10.9 Å². The Morgan fingerprint density at radius 1 is 1.33 bits per heavy atom. The van der Waals surface area contributed by atoms with Crippen LogP contribution in [0.1, 0.15) is 22.1 Å². The van der Waals surface area contributed by atoms with Gasteiger partial charge in [0.2, 0.25) is 5.89 Å². The molecule has 0 saturated heterocycles. The van der Waals surface area contributed by atoms with Crippen LogP contribution in [0, 0.1) is 0 Å². The van der Waals surface area contributed by atoms with Gasteiger partial charge in [0.25, 0.3) is 0 Å². The lowest BCUT2D eigenvalue weighted by atomic mass is 10.1. The van der Waals surface area contributed by atoms with Gasteiger partial charge in [-0.2, -0.15) is 0 Å². The smallest absolute Gasteiger partial charge is 0.393 e. The molecule has 0 aliphatic carbocycles. The Kier molecular flexibility index (Phi) is 2.33. The molecule has 6 nitrogen and oxygen atoms in total. The van der Waals surface area contributed by atoms with E-state index < -0.39 is 5.97 Å². The van der Waals surface area contributed by atoms with Gasteiger partial charge in [-0.15, -0.1) is 10.2 Å². The lowest BCUT2D eigenvalue weighted by Gasteiger charge is -1.93. The number of aromatic nitrogens is 3. The molecule has 0 aliphatic rings. The van der Waals surface area contributed by atoms with Crippen LogP contribution < -0.4 is 0 Å². The Bertz CT molecular complexity index is 714. The van der Waals surface area contributed by atoms with E-state index in [0.717, 1.165) is 16.5 Å². The highest BCUT2D eigenvalue weighted by atomic mass is 16.4. The first-order valence-electron chi connectivity index (χ1n) is 5.35. The molecule has 3 aromatic rings. The molecular weight excluding hydrogens is 234 g/mol. The lowest BCUT2D eigenvalue weighted by molar-refractivity contribution is 0.0651. The van der Waals surface area contributed by atoms with E-state index in [4.69, 9.17) is 9.52 Å². The van der Waals surface area contributed by atoms with Crippen molar-refractivity contribution in [3.05, 3.63) is 47.8 Å². The summed E-state index contributed by atoms with van der Waals surface area (Å²) >= 11 is 0. The van der Waals surface area contributed by atoms with Crippen molar-refractivity contribution < 1.29 is 14.3 Å². The number of nitrogens with one attached hydrogen (secondary N) is 1. The summed E-state index contributed by atoms with van der Waals surface area (Å²) < 4.78 is 5.03. The number of carbonyl (C=O) groups is 1. The topological polar surface area (TPSA) is 92.0 Å². The van der Waals surface area contributed by atoms with E-state index in [1.165, 1.54) is 0 Å². The van der Waals surface area contributed by atoms with E-state index in [0.29, 0.717) is 6.42 Å². The molecule has 6 heteroatoms. The molecule has 18 heavy (non-hydrogen) atoms. The Morgan fingerprint density at radius 3 is 2.94 bits per heavy atom. The van der Waals surface area contributed by atoms with Crippen LogP contribution >= 0.6 is 0 Å².